The Balaban J connectivity index is 1.69. The number of alkyl halides is 3. The Morgan fingerprint density at radius 3 is 2.28 bits per heavy atom. The van der Waals surface area contributed by atoms with E-state index in [0.29, 0.717) is 5.69 Å². The molecule has 148 valence electrons. The first-order chi connectivity index (χ1) is 13.8. The van der Waals surface area contributed by atoms with Gasteiger partial charge in [-0.1, -0.05) is 48.0 Å². The monoisotopic (exact) mass is 399 g/mol. The van der Waals surface area contributed by atoms with Gasteiger partial charge in [0.05, 0.1) is 5.69 Å². The summed E-state index contributed by atoms with van der Waals surface area (Å²) in [5.41, 5.74) is -0.342. The van der Waals surface area contributed by atoms with Gasteiger partial charge >= 0.3 is 6.18 Å². The third-order valence-corrected chi connectivity index (χ3v) is 4.79. The molecule has 0 spiro atoms. The number of para-hydroxylation sites is 1. The van der Waals surface area contributed by atoms with Crippen molar-refractivity contribution in [3.63, 3.8) is 0 Å². The molecule has 1 atom stereocenters. The van der Waals surface area contributed by atoms with E-state index in [0.717, 1.165) is 16.5 Å². The van der Waals surface area contributed by atoms with Crippen LogP contribution >= 0.6 is 0 Å². The average molecular weight is 399 g/mol. The maximum absolute atomic E-state index is 13.7. The van der Waals surface area contributed by atoms with Crippen LogP contribution in [-0.2, 0) is 0 Å². The van der Waals surface area contributed by atoms with E-state index in [1.807, 2.05) is 12.1 Å². The molecule has 8 heteroatoms. The van der Waals surface area contributed by atoms with Gasteiger partial charge in [0.25, 0.3) is 10.9 Å². The van der Waals surface area contributed by atoms with Crippen molar-refractivity contribution in [2.24, 2.45) is 0 Å². The Bertz CT molecular complexity index is 1250. The summed E-state index contributed by atoms with van der Waals surface area (Å²) in [6.45, 7) is 1.76. The summed E-state index contributed by atoms with van der Waals surface area (Å²) >= 11 is 0. The molecule has 0 radical (unpaired) electrons. The smallest absolute Gasteiger partial charge is 0.365 e. The lowest BCUT2D eigenvalue weighted by atomic mass is 10.0. The van der Waals surface area contributed by atoms with Gasteiger partial charge in [-0.3, -0.25) is 9.59 Å². The first kappa shape index (κ1) is 18.8. The van der Waals surface area contributed by atoms with Gasteiger partial charge in [-0.2, -0.15) is 13.2 Å². The number of aromatic nitrogens is 1. The highest BCUT2D eigenvalue weighted by Crippen LogP contribution is 2.37. The lowest BCUT2D eigenvalue weighted by Crippen LogP contribution is -2.40. The van der Waals surface area contributed by atoms with Crippen LogP contribution in [0.3, 0.4) is 0 Å². The summed E-state index contributed by atoms with van der Waals surface area (Å²) in [7, 11) is 0. The van der Waals surface area contributed by atoms with Gasteiger partial charge in [-0.05, 0) is 18.6 Å². The minimum Gasteiger partial charge on any atom is -0.365 e. The van der Waals surface area contributed by atoms with Crippen LogP contribution in [0.5, 0.6) is 0 Å². The zero-order valence-corrected chi connectivity index (χ0v) is 15.2. The number of aryl methyl sites for hydroxylation is 1. The molecule has 0 unspecified atom stereocenters. The normalized spacial score (nSPS) is 13.0. The van der Waals surface area contributed by atoms with Crippen LogP contribution < -0.4 is 21.5 Å². The SMILES string of the molecule is Cc1ccc([C@@H](Nc2c(Nc3c[nH]c4ccccc34)c(=O)c2=O)C(F)(F)F)cc1. The van der Waals surface area contributed by atoms with E-state index in [1.54, 1.807) is 37.4 Å². The highest BCUT2D eigenvalue weighted by Gasteiger charge is 2.42. The van der Waals surface area contributed by atoms with E-state index in [-0.39, 0.29) is 16.9 Å². The molecule has 5 nitrogen and oxygen atoms in total. The number of benzene rings is 2. The molecule has 4 rings (SSSR count). The summed E-state index contributed by atoms with van der Waals surface area (Å²) in [6.07, 6.45) is -3.07. The summed E-state index contributed by atoms with van der Waals surface area (Å²) < 4.78 is 41.0. The molecule has 1 aromatic heterocycles. The minimum absolute atomic E-state index is 0.0470. The Kier molecular flexibility index (Phi) is 4.41. The molecule has 4 aromatic rings. The Morgan fingerprint density at radius 2 is 1.59 bits per heavy atom. The van der Waals surface area contributed by atoms with Gasteiger partial charge in [-0.25, -0.2) is 0 Å². The fourth-order valence-electron chi connectivity index (χ4n) is 3.22. The molecule has 3 aromatic carbocycles. The molecule has 0 bridgehead atoms. The van der Waals surface area contributed by atoms with Crippen molar-refractivity contribution in [1.29, 1.82) is 0 Å². The summed E-state index contributed by atoms with van der Waals surface area (Å²) in [5, 5.41) is 5.78. The second-order valence-electron chi connectivity index (χ2n) is 6.81. The van der Waals surface area contributed by atoms with Crippen molar-refractivity contribution >= 4 is 28.0 Å². The Labute approximate surface area is 162 Å². The molecule has 29 heavy (non-hydrogen) atoms. The predicted molar refractivity (Wildman–Crippen MR) is 107 cm³/mol. The maximum atomic E-state index is 13.7. The van der Waals surface area contributed by atoms with E-state index in [9.17, 15) is 22.8 Å². The molecule has 0 aliphatic carbocycles. The van der Waals surface area contributed by atoms with Gasteiger partial charge in [0.1, 0.15) is 17.4 Å². The number of hydrogen-bond donors (Lipinski definition) is 3. The first-order valence-corrected chi connectivity index (χ1v) is 8.82. The topological polar surface area (TPSA) is 74.0 Å². The van der Waals surface area contributed by atoms with Crippen molar-refractivity contribution < 1.29 is 13.2 Å². The van der Waals surface area contributed by atoms with Crippen LogP contribution in [-0.4, -0.2) is 11.2 Å². The van der Waals surface area contributed by atoms with Gasteiger partial charge in [-0.15, -0.1) is 0 Å². The summed E-state index contributed by atoms with van der Waals surface area (Å²) in [5.74, 6) is 0. The second kappa shape index (κ2) is 6.80. The van der Waals surface area contributed by atoms with Crippen molar-refractivity contribution in [2.45, 2.75) is 19.1 Å². The number of aromatic amines is 1. The van der Waals surface area contributed by atoms with Crippen LogP contribution in [0.1, 0.15) is 17.2 Å². The number of anilines is 3. The number of nitrogens with one attached hydrogen (secondary N) is 3. The molecular formula is C21H16F3N3O2. The third-order valence-electron chi connectivity index (χ3n) is 4.79. The van der Waals surface area contributed by atoms with E-state index in [4.69, 9.17) is 0 Å². The Morgan fingerprint density at radius 1 is 0.931 bits per heavy atom. The van der Waals surface area contributed by atoms with E-state index >= 15 is 0 Å². The number of fused-ring (bicyclic) bond motifs is 1. The Hall–Kier alpha value is -3.55. The maximum Gasteiger partial charge on any atom is 0.412 e. The molecule has 0 amide bonds. The number of rotatable bonds is 5. The van der Waals surface area contributed by atoms with Crippen LogP contribution in [0.25, 0.3) is 10.9 Å². The fourth-order valence-corrected chi connectivity index (χ4v) is 3.22. The quantitative estimate of drug-likeness (QED) is 0.431. The second-order valence-corrected chi connectivity index (χ2v) is 6.81. The third kappa shape index (κ3) is 3.37. The highest BCUT2D eigenvalue weighted by molar-refractivity contribution is 5.95. The average Bonchev–Trinajstić information content (AvgIpc) is 3.10. The molecule has 0 saturated heterocycles. The zero-order chi connectivity index (χ0) is 20.8. The molecule has 0 saturated carbocycles. The van der Waals surface area contributed by atoms with Gasteiger partial charge in [0.15, 0.2) is 0 Å². The van der Waals surface area contributed by atoms with Gasteiger partial charge in [0.2, 0.25) is 0 Å². The molecular weight excluding hydrogens is 383 g/mol. The molecule has 1 heterocycles. The van der Waals surface area contributed by atoms with E-state index in [1.165, 1.54) is 12.1 Å². The largest absolute Gasteiger partial charge is 0.412 e. The molecule has 3 N–H and O–H groups in total. The standard InChI is InChI=1S/C21H16F3N3O2/c1-11-6-8-12(9-7-11)20(21(22,23)24)27-17-16(18(28)19(17)29)26-15-10-25-14-5-3-2-4-13(14)15/h2-10,20,25-27H,1H3/t20-/m1/s1. The zero-order valence-electron chi connectivity index (χ0n) is 15.2. The molecule has 0 aliphatic rings. The van der Waals surface area contributed by atoms with Crippen molar-refractivity contribution in [3.05, 3.63) is 86.3 Å². The number of hydrogen-bond acceptors (Lipinski definition) is 4. The van der Waals surface area contributed by atoms with Crippen molar-refractivity contribution in [3.8, 4) is 0 Å². The lowest BCUT2D eigenvalue weighted by Gasteiger charge is -2.25. The number of halogens is 3. The minimum atomic E-state index is -4.66. The summed E-state index contributed by atoms with van der Waals surface area (Å²) in [4.78, 5) is 27.1. The molecule has 0 fully saturated rings. The fraction of sp³-hybridized carbons (Fsp3) is 0.143. The van der Waals surface area contributed by atoms with Crippen LogP contribution in [0.4, 0.5) is 30.2 Å². The van der Waals surface area contributed by atoms with Gasteiger partial charge < -0.3 is 15.6 Å². The first-order valence-electron chi connectivity index (χ1n) is 8.82. The number of H-pyrrole nitrogens is 1. The van der Waals surface area contributed by atoms with Gasteiger partial charge in [0, 0.05) is 17.1 Å². The highest BCUT2D eigenvalue weighted by atomic mass is 19.4. The van der Waals surface area contributed by atoms with E-state index < -0.39 is 23.1 Å². The lowest BCUT2D eigenvalue weighted by molar-refractivity contribution is -0.144. The summed E-state index contributed by atoms with van der Waals surface area (Å²) in [6, 6.07) is 10.9. The van der Waals surface area contributed by atoms with Crippen LogP contribution in [0, 0.1) is 6.92 Å². The van der Waals surface area contributed by atoms with Crippen molar-refractivity contribution in [1.82, 2.24) is 4.98 Å². The van der Waals surface area contributed by atoms with Crippen LogP contribution in [0.2, 0.25) is 0 Å². The van der Waals surface area contributed by atoms with E-state index in [2.05, 4.69) is 15.6 Å². The van der Waals surface area contributed by atoms with Crippen LogP contribution in [0.15, 0.2) is 64.3 Å². The molecule has 0 aliphatic heterocycles. The van der Waals surface area contributed by atoms with Crippen molar-refractivity contribution in [2.75, 3.05) is 10.6 Å². The predicted octanol–water partition coefficient (Wildman–Crippen LogP) is 4.53.